The van der Waals surface area contributed by atoms with Crippen molar-refractivity contribution in [2.45, 2.75) is 19.1 Å². The topological polar surface area (TPSA) is 55.8 Å². The van der Waals surface area contributed by atoms with Crippen LogP contribution in [-0.4, -0.2) is 24.3 Å². The van der Waals surface area contributed by atoms with Crippen LogP contribution in [0.1, 0.15) is 11.1 Å². The molecule has 0 aromatic heterocycles. The fourth-order valence-electron chi connectivity index (χ4n) is 1.66. The third-order valence-electron chi connectivity index (χ3n) is 2.45. The number of ether oxygens (including phenoxy) is 2. The minimum Gasteiger partial charge on any atom is -0.478 e. The molecule has 0 fully saturated rings. The van der Waals surface area contributed by atoms with Gasteiger partial charge in [-0.15, -0.1) is 0 Å². The van der Waals surface area contributed by atoms with Crippen LogP contribution in [0, 0.1) is 0 Å². The third kappa shape index (κ3) is 1.80. The second-order valence-corrected chi connectivity index (χ2v) is 3.43. The van der Waals surface area contributed by atoms with E-state index in [1.54, 1.807) is 12.1 Å². The number of rotatable bonds is 2. The summed E-state index contributed by atoms with van der Waals surface area (Å²) in [6, 6.07) is 5.39. The van der Waals surface area contributed by atoms with Crippen LogP contribution < -0.4 is 4.74 Å². The molecule has 4 nitrogen and oxygen atoms in total. The number of methoxy groups -OCH3 is 1. The lowest BCUT2D eigenvalue weighted by atomic mass is 10.1. The van der Waals surface area contributed by atoms with Crippen LogP contribution in [0.2, 0.25) is 0 Å². The van der Waals surface area contributed by atoms with Gasteiger partial charge in [-0.05, 0) is 23.3 Å². The maximum atomic E-state index is 11.2. The zero-order valence-electron chi connectivity index (χ0n) is 8.40. The summed E-state index contributed by atoms with van der Waals surface area (Å²) in [6.45, 7) is -0.00380. The first-order chi connectivity index (χ1) is 7.24. The van der Waals surface area contributed by atoms with Crippen molar-refractivity contribution in [2.75, 3.05) is 7.11 Å². The van der Waals surface area contributed by atoms with Gasteiger partial charge in [0.15, 0.2) is 6.10 Å². The molecule has 0 saturated carbocycles. The highest BCUT2D eigenvalue weighted by atomic mass is 16.6. The summed E-state index contributed by atoms with van der Waals surface area (Å²) in [5.41, 5.74) is 1.76. The Balaban J connectivity index is 2.20. The molecule has 1 aromatic rings. The maximum Gasteiger partial charge on any atom is 0.347 e. The van der Waals surface area contributed by atoms with Crippen LogP contribution in [-0.2, 0) is 22.6 Å². The Hall–Kier alpha value is -1.55. The van der Waals surface area contributed by atoms with Gasteiger partial charge in [0.25, 0.3) is 0 Å². The molecule has 1 aliphatic heterocycles. The first kappa shape index (κ1) is 9.98. The fourth-order valence-corrected chi connectivity index (χ4v) is 1.66. The van der Waals surface area contributed by atoms with Gasteiger partial charge in [0.1, 0.15) is 5.75 Å². The number of hydrogen-bond donors (Lipinski definition) is 1. The minimum absolute atomic E-state index is 0.00380. The van der Waals surface area contributed by atoms with Gasteiger partial charge in [-0.1, -0.05) is 6.07 Å². The molecule has 0 aliphatic carbocycles. The van der Waals surface area contributed by atoms with Crippen molar-refractivity contribution in [3.8, 4) is 5.75 Å². The molecular weight excluding hydrogens is 196 g/mol. The largest absolute Gasteiger partial charge is 0.478 e. The smallest absolute Gasteiger partial charge is 0.347 e. The summed E-state index contributed by atoms with van der Waals surface area (Å²) in [5.74, 6) is 0.333. The zero-order chi connectivity index (χ0) is 10.8. The van der Waals surface area contributed by atoms with Crippen LogP contribution in [0.5, 0.6) is 5.75 Å². The molecule has 4 heteroatoms. The molecule has 2 rings (SSSR count). The number of fused-ring (bicyclic) bond motifs is 1. The SMILES string of the molecule is COC(=O)C1Cc2cc(CO)ccc2O1. The number of benzene rings is 1. The first-order valence-corrected chi connectivity index (χ1v) is 4.71. The van der Waals surface area contributed by atoms with Crippen LogP contribution >= 0.6 is 0 Å². The quantitative estimate of drug-likeness (QED) is 0.725. The van der Waals surface area contributed by atoms with Gasteiger partial charge in [0.05, 0.1) is 13.7 Å². The normalized spacial score (nSPS) is 18.1. The zero-order valence-corrected chi connectivity index (χ0v) is 8.40. The van der Waals surface area contributed by atoms with Crippen molar-refractivity contribution >= 4 is 5.97 Å². The number of carbonyl (C=O) groups excluding carboxylic acids is 1. The highest BCUT2D eigenvalue weighted by Gasteiger charge is 2.29. The molecule has 1 N–H and O–H groups in total. The third-order valence-corrected chi connectivity index (χ3v) is 2.45. The molecule has 1 aliphatic rings. The van der Waals surface area contributed by atoms with E-state index in [0.717, 1.165) is 11.1 Å². The number of carbonyl (C=O) groups is 1. The second kappa shape index (κ2) is 3.90. The van der Waals surface area contributed by atoms with Crippen LogP contribution in [0.15, 0.2) is 18.2 Å². The maximum absolute atomic E-state index is 11.2. The van der Waals surface area contributed by atoms with Gasteiger partial charge in [0.2, 0.25) is 0 Å². The van der Waals surface area contributed by atoms with E-state index in [0.29, 0.717) is 12.2 Å². The van der Waals surface area contributed by atoms with E-state index in [2.05, 4.69) is 4.74 Å². The summed E-state index contributed by atoms with van der Waals surface area (Å²) in [4.78, 5) is 11.2. The van der Waals surface area contributed by atoms with E-state index in [-0.39, 0.29) is 12.6 Å². The predicted molar refractivity (Wildman–Crippen MR) is 52.5 cm³/mol. The Morgan fingerprint density at radius 3 is 3.13 bits per heavy atom. The molecule has 0 amide bonds. The molecule has 0 radical (unpaired) electrons. The fraction of sp³-hybridized carbons (Fsp3) is 0.364. The number of hydrogen-bond acceptors (Lipinski definition) is 4. The number of aliphatic hydroxyl groups is 1. The van der Waals surface area contributed by atoms with Gasteiger partial charge in [0, 0.05) is 6.42 Å². The average molecular weight is 208 g/mol. The summed E-state index contributed by atoms with van der Waals surface area (Å²) < 4.78 is 10.0. The molecule has 0 bridgehead atoms. The first-order valence-electron chi connectivity index (χ1n) is 4.71. The van der Waals surface area contributed by atoms with Crippen LogP contribution in [0.25, 0.3) is 0 Å². The number of aliphatic hydroxyl groups excluding tert-OH is 1. The highest BCUT2D eigenvalue weighted by Crippen LogP contribution is 2.29. The molecule has 1 aromatic carbocycles. The van der Waals surface area contributed by atoms with Gasteiger partial charge in [-0.25, -0.2) is 4.79 Å². The molecular formula is C11H12O4. The monoisotopic (exact) mass is 208 g/mol. The Labute approximate surface area is 87.4 Å². The molecule has 80 valence electrons. The minimum atomic E-state index is -0.543. The van der Waals surface area contributed by atoms with E-state index < -0.39 is 6.10 Å². The van der Waals surface area contributed by atoms with E-state index in [1.165, 1.54) is 7.11 Å². The summed E-state index contributed by atoms with van der Waals surface area (Å²) in [6.07, 6.45) is -0.0329. The van der Waals surface area contributed by atoms with Gasteiger partial charge in [-0.2, -0.15) is 0 Å². The van der Waals surface area contributed by atoms with E-state index in [4.69, 9.17) is 9.84 Å². The summed E-state index contributed by atoms with van der Waals surface area (Å²) >= 11 is 0. The number of esters is 1. The predicted octanol–water partition coefficient (Wildman–Crippen LogP) is 0.655. The lowest BCUT2D eigenvalue weighted by Gasteiger charge is -2.06. The Kier molecular flexibility index (Phi) is 2.60. The molecule has 1 heterocycles. The van der Waals surface area contributed by atoms with E-state index in [1.807, 2.05) is 6.07 Å². The average Bonchev–Trinajstić information content (AvgIpc) is 2.70. The standard InChI is InChI=1S/C11H12O4/c1-14-11(13)10-5-8-4-7(6-12)2-3-9(8)15-10/h2-4,10,12H,5-6H2,1H3. The van der Waals surface area contributed by atoms with E-state index in [9.17, 15) is 4.79 Å². The van der Waals surface area contributed by atoms with Crippen LogP contribution in [0.4, 0.5) is 0 Å². The Bertz CT molecular complexity index is 386. The molecule has 1 unspecified atom stereocenters. The van der Waals surface area contributed by atoms with Crippen molar-refractivity contribution in [1.29, 1.82) is 0 Å². The summed E-state index contributed by atoms with van der Waals surface area (Å²) in [7, 11) is 1.34. The Morgan fingerprint density at radius 2 is 2.47 bits per heavy atom. The second-order valence-electron chi connectivity index (χ2n) is 3.43. The lowest BCUT2D eigenvalue weighted by Crippen LogP contribution is -2.26. The summed E-state index contributed by atoms with van der Waals surface area (Å²) in [5, 5.41) is 8.96. The Morgan fingerprint density at radius 1 is 1.67 bits per heavy atom. The molecule has 0 saturated heterocycles. The highest BCUT2D eigenvalue weighted by molar-refractivity contribution is 5.76. The van der Waals surface area contributed by atoms with Crippen molar-refractivity contribution in [1.82, 2.24) is 0 Å². The molecule has 1 atom stereocenters. The van der Waals surface area contributed by atoms with Crippen LogP contribution in [0.3, 0.4) is 0 Å². The van der Waals surface area contributed by atoms with Crippen molar-refractivity contribution in [3.63, 3.8) is 0 Å². The van der Waals surface area contributed by atoms with Gasteiger partial charge >= 0.3 is 5.97 Å². The van der Waals surface area contributed by atoms with Crippen molar-refractivity contribution in [2.24, 2.45) is 0 Å². The van der Waals surface area contributed by atoms with Gasteiger partial charge < -0.3 is 14.6 Å². The molecule has 15 heavy (non-hydrogen) atoms. The lowest BCUT2D eigenvalue weighted by molar-refractivity contribution is -0.147. The van der Waals surface area contributed by atoms with Gasteiger partial charge in [-0.3, -0.25) is 0 Å². The van der Waals surface area contributed by atoms with Crippen molar-refractivity contribution in [3.05, 3.63) is 29.3 Å². The van der Waals surface area contributed by atoms with E-state index >= 15 is 0 Å². The molecule has 0 spiro atoms. The van der Waals surface area contributed by atoms with Crippen molar-refractivity contribution < 1.29 is 19.4 Å².